The van der Waals surface area contributed by atoms with Crippen molar-refractivity contribution in [1.82, 2.24) is 9.47 Å². The zero-order valence-electron chi connectivity index (χ0n) is 20.4. The van der Waals surface area contributed by atoms with E-state index in [1.165, 1.54) is 49.1 Å². The van der Waals surface area contributed by atoms with E-state index in [0.29, 0.717) is 22.5 Å². The van der Waals surface area contributed by atoms with Crippen molar-refractivity contribution in [3.8, 4) is 5.88 Å². The molecule has 9 nitrogen and oxygen atoms in total. The van der Waals surface area contributed by atoms with Crippen LogP contribution in [0.1, 0.15) is 40.3 Å². The van der Waals surface area contributed by atoms with Gasteiger partial charge in [0, 0.05) is 11.9 Å². The zero-order valence-corrected chi connectivity index (χ0v) is 20.4. The minimum absolute atomic E-state index is 0.0262. The van der Waals surface area contributed by atoms with Gasteiger partial charge in [-0.15, -0.1) is 4.91 Å². The second-order valence-electron chi connectivity index (χ2n) is 9.20. The minimum atomic E-state index is -0.600. The van der Waals surface area contributed by atoms with Crippen LogP contribution in [0.3, 0.4) is 0 Å². The van der Waals surface area contributed by atoms with E-state index in [9.17, 15) is 14.8 Å². The first kappa shape index (κ1) is 23.6. The number of likely N-dealkylation sites (tertiary alicyclic amines) is 1. The molecule has 0 spiro atoms. The fraction of sp³-hybridized carbons (Fsp3) is 0.172. The summed E-state index contributed by atoms with van der Waals surface area (Å²) in [7, 11) is 0. The summed E-state index contributed by atoms with van der Waals surface area (Å²) >= 11 is 0. The predicted octanol–water partition coefficient (Wildman–Crippen LogP) is 6.38. The summed E-state index contributed by atoms with van der Waals surface area (Å²) in [5, 5.41) is 15.0. The Morgan fingerprint density at radius 3 is 2.24 bits per heavy atom. The summed E-state index contributed by atoms with van der Waals surface area (Å²) in [6.45, 7) is 3.12. The Morgan fingerprint density at radius 1 is 0.895 bits per heavy atom. The Hall–Kier alpha value is -4.76. The van der Waals surface area contributed by atoms with E-state index in [2.05, 4.69) is 10.1 Å². The van der Waals surface area contributed by atoms with Crippen molar-refractivity contribution in [3.05, 3.63) is 107 Å². The summed E-state index contributed by atoms with van der Waals surface area (Å²) in [4.78, 5) is 31.9. The van der Waals surface area contributed by atoms with Crippen LogP contribution < -0.4 is 0 Å². The SMILES string of the molecule is O=Nc1ccc2c(C(=Nc3ccc(CN4CCCC4)cc3)c3ccco3)c(O)n(C(=O)c3ccco3)c2c1. The number of rotatable bonds is 7. The third kappa shape index (κ3) is 4.33. The first-order valence-corrected chi connectivity index (χ1v) is 12.4. The minimum Gasteiger partial charge on any atom is -0.494 e. The van der Waals surface area contributed by atoms with Crippen LogP contribution in [0.5, 0.6) is 5.88 Å². The summed E-state index contributed by atoms with van der Waals surface area (Å²) in [5.74, 6) is -0.524. The van der Waals surface area contributed by atoms with E-state index in [4.69, 9.17) is 13.8 Å². The molecule has 0 unspecified atom stereocenters. The number of furan rings is 2. The van der Waals surface area contributed by atoms with Gasteiger partial charge >= 0.3 is 5.91 Å². The molecule has 190 valence electrons. The van der Waals surface area contributed by atoms with Crippen molar-refractivity contribution in [2.45, 2.75) is 19.4 Å². The monoisotopic (exact) mass is 508 g/mol. The number of aliphatic imine (C=N–C) groups is 1. The third-order valence-corrected chi connectivity index (χ3v) is 6.74. The van der Waals surface area contributed by atoms with Gasteiger partial charge in [0.1, 0.15) is 11.4 Å². The molecule has 1 N–H and O–H groups in total. The molecule has 0 aliphatic carbocycles. The Labute approximate surface area is 217 Å². The highest BCUT2D eigenvalue weighted by Crippen LogP contribution is 2.37. The molecular weight excluding hydrogens is 484 g/mol. The second-order valence-corrected chi connectivity index (χ2v) is 9.20. The van der Waals surface area contributed by atoms with Crippen LogP contribution in [0.2, 0.25) is 0 Å². The molecule has 0 atom stereocenters. The molecule has 0 radical (unpaired) electrons. The highest BCUT2D eigenvalue weighted by Gasteiger charge is 2.28. The highest BCUT2D eigenvalue weighted by atomic mass is 16.3. The van der Waals surface area contributed by atoms with Crippen LogP contribution in [0.25, 0.3) is 10.9 Å². The first-order valence-electron chi connectivity index (χ1n) is 12.4. The zero-order chi connectivity index (χ0) is 26.1. The van der Waals surface area contributed by atoms with Crippen LogP contribution in [-0.4, -0.2) is 39.3 Å². The Bertz CT molecular complexity index is 1620. The second kappa shape index (κ2) is 9.95. The number of carbonyl (C=O) groups excluding carboxylic acids is 1. The largest absolute Gasteiger partial charge is 0.494 e. The fourth-order valence-corrected chi connectivity index (χ4v) is 4.92. The molecule has 1 saturated heterocycles. The van der Waals surface area contributed by atoms with Gasteiger partial charge in [0.05, 0.1) is 29.3 Å². The van der Waals surface area contributed by atoms with E-state index in [0.717, 1.165) is 24.2 Å². The molecule has 3 aromatic heterocycles. The van der Waals surface area contributed by atoms with Crippen molar-refractivity contribution in [2.24, 2.45) is 10.2 Å². The lowest BCUT2D eigenvalue weighted by Crippen LogP contribution is -2.18. The Balaban J connectivity index is 1.49. The van der Waals surface area contributed by atoms with E-state index in [1.54, 1.807) is 24.3 Å². The maximum absolute atomic E-state index is 13.3. The number of nitrogens with zero attached hydrogens (tertiary/aromatic N) is 4. The van der Waals surface area contributed by atoms with Crippen LogP contribution in [-0.2, 0) is 6.54 Å². The third-order valence-electron chi connectivity index (χ3n) is 6.74. The number of carbonyl (C=O) groups is 1. The molecule has 1 fully saturated rings. The fourth-order valence-electron chi connectivity index (χ4n) is 4.92. The topological polar surface area (TPSA) is 114 Å². The molecule has 6 rings (SSSR count). The molecule has 0 amide bonds. The maximum Gasteiger partial charge on any atom is 0.300 e. The van der Waals surface area contributed by atoms with Crippen molar-refractivity contribution in [1.29, 1.82) is 0 Å². The molecule has 4 heterocycles. The number of nitroso groups, excluding NO2 is 1. The van der Waals surface area contributed by atoms with Gasteiger partial charge in [0.15, 0.2) is 11.5 Å². The first-order chi connectivity index (χ1) is 18.6. The van der Waals surface area contributed by atoms with Crippen molar-refractivity contribution in [2.75, 3.05) is 13.1 Å². The summed E-state index contributed by atoms with van der Waals surface area (Å²) < 4.78 is 12.1. The lowest BCUT2D eigenvalue weighted by Gasteiger charge is -2.14. The number of benzene rings is 2. The van der Waals surface area contributed by atoms with Crippen molar-refractivity contribution >= 4 is 33.9 Å². The van der Waals surface area contributed by atoms with E-state index < -0.39 is 5.91 Å². The number of fused-ring (bicyclic) bond motifs is 1. The number of aromatic hydroxyl groups is 1. The average molecular weight is 509 g/mol. The molecule has 1 aliphatic heterocycles. The molecule has 2 aromatic carbocycles. The van der Waals surface area contributed by atoms with Gasteiger partial charge in [-0.3, -0.25) is 9.69 Å². The quantitative estimate of drug-likeness (QED) is 0.201. The average Bonchev–Trinajstić information content (AvgIpc) is 3.76. The van der Waals surface area contributed by atoms with Crippen molar-refractivity contribution in [3.63, 3.8) is 0 Å². The maximum atomic E-state index is 13.3. The summed E-state index contributed by atoms with van der Waals surface area (Å²) in [6.07, 6.45) is 5.36. The molecule has 1 aliphatic rings. The number of aromatic nitrogens is 1. The summed E-state index contributed by atoms with van der Waals surface area (Å²) in [6, 6.07) is 19.1. The van der Waals surface area contributed by atoms with Crippen molar-refractivity contribution < 1.29 is 18.7 Å². The van der Waals surface area contributed by atoms with E-state index in [1.807, 2.05) is 24.3 Å². The highest BCUT2D eigenvalue weighted by molar-refractivity contribution is 6.22. The molecule has 38 heavy (non-hydrogen) atoms. The van der Waals surface area contributed by atoms with Gasteiger partial charge < -0.3 is 13.9 Å². The van der Waals surface area contributed by atoms with Gasteiger partial charge in [-0.25, -0.2) is 9.56 Å². The van der Waals surface area contributed by atoms with Crippen LogP contribution in [0, 0.1) is 4.91 Å². The lowest BCUT2D eigenvalue weighted by atomic mass is 10.1. The molecule has 0 bridgehead atoms. The van der Waals surface area contributed by atoms with Gasteiger partial charge in [0.25, 0.3) is 0 Å². The van der Waals surface area contributed by atoms with E-state index >= 15 is 0 Å². The smallest absolute Gasteiger partial charge is 0.300 e. The van der Waals surface area contributed by atoms with Gasteiger partial charge in [0.2, 0.25) is 5.88 Å². The van der Waals surface area contributed by atoms with Gasteiger partial charge in [-0.05, 0) is 91.3 Å². The summed E-state index contributed by atoms with van der Waals surface area (Å²) in [5.41, 5.74) is 2.88. The number of hydrogen-bond acceptors (Lipinski definition) is 8. The molecular formula is C29H24N4O5. The predicted molar refractivity (Wildman–Crippen MR) is 142 cm³/mol. The Morgan fingerprint density at radius 2 is 1.58 bits per heavy atom. The van der Waals surface area contributed by atoms with E-state index in [-0.39, 0.29) is 28.4 Å². The normalized spacial score (nSPS) is 14.4. The van der Waals surface area contributed by atoms with Crippen LogP contribution in [0.15, 0.2) is 98.3 Å². The standard InChI is InChI=1S/C29H24N4O5/c34-28(25-6-4-16-38-25)33-23-17-21(31-36)11-12-22(23)26(29(33)35)27(24-5-3-15-37-24)30-20-9-7-19(8-10-20)18-32-13-1-2-14-32/h3-12,15-17,35H,1-2,13-14,18H2. The number of hydrogen-bond donors (Lipinski definition) is 1. The molecule has 0 saturated carbocycles. The van der Waals surface area contributed by atoms with Crippen LogP contribution >= 0.6 is 0 Å². The molecule has 5 aromatic rings. The lowest BCUT2D eigenvalue weighted by molar-refractivity contribution is 0.0929. The molecule has 9 heteroatoms. The van der Waals surface area contributed by atoms with Gasteiger partial charge in [-0.1, -0.05) is 12.1 Å². The van der Waals surface area contributed by atoms with Gasteiger partial charge in [-0.2, -0.15) is 0 Å². The van der Waals surface area contributed by atoms with Crippen LogP contribution in [0.4, 0.5) is 11.4 Å². The Kier molecular flexibility index (Phi) is 6.19.